The van der Waals surface area contributed by atoms with Crippen molar-refractivity contribution in [2.45, 2.75) is 44.7 Å². The molecule has 2 aliphatic heterocycles. The highest BCUT2D eigenvalue weighted by Gasteiger charge is 2.36. The van der Waals surface area contributed by atoms with E-state index in [1.807, 2.05) is 31.2 Å². The molecule has 150 valence electrons. The molecule has 1 unspecified atom stereocenters. The number of aryl methyl sites for hydroxylation is 1. The minimum atomic E-state index is -3.53. The SMILES string of the molecule is COCC1CCCN1S(=O)(=O)NC1CCN(C(=O)c2ccc(C)cc2)CC1. The lowest BCUT2D eigenvalue weighted by Gasteiger charge is -2.34. The van der Waals surface area contributed by atoms with Crippen molar-refractivity contribution in [1.29, 1.82) is 0 Å². The lowest BCUT2D eigenvalue weighted by Crippen LogP contribution is -2.52. The maximum atomic E-state index is 12.7. The minimum absolute atomic E-state index is 0.0102. The third-order valence-corrected chi connectivity index (χ3v) is 7.12. The smallest absolute Gasteiger partial charge is 0.280 e. The summed E-state index contributed by atoms with van der Waals surface area (Å²) in [6, 6.07) is 7.32. The van der Waals surface area contributed by atoms with Gasteiger partial charge in [-0.3, -0.25) is 4.79 Å². The van der Waals surface area contributed by atoms with Gasteiger partial charge in [-0.1, -0.05) is 17.7 Å². The summed E-state index contributed by atoms with van der Waals surface area (Å²) in [4.78, 5) is 14.4. The summed E-state index contributed by atoms with van der Waals surface area (Å²) in [6.07, 6.45) is 2.94. The Morgan fingerprint density at radius 3 is 2.44 bits per heavy atom. The van der Waals surface area contributed by atoms with Gasteiger partial charge >= 0.3 is 0 Å². The molecule has 2 heterocycles. The molecule has 0 spiro atoms. The summed E-state index contributed by atoms with van der Waals surface area (Å²) >= 11 is 0. The van der Waals surface area contributed by atoms with Gasteiger partial charge in [-0.05, 0) is 44.7 Å². The van der Waals surface area contributed by atoms with E-state index >= 15 is 0 Å². The van der Waals surface area contributed by atoms with Crippen LogP contribution in [0, 0.1) is 6.92 Å². The summed E-state index contributed by atoms with van der Waals surface area (Å²) in [5, 5.41) is 0. The Labute approximate surface area is 161 Å². The number of hydrogen-bond acceptors (Lipinski definition) is 4. The number of benzene rings is 1. The van der Waals surface area contributed by atoms with E-state index < -0.39 is 10.2 Å². The molecule has 1 atom stereocenters. The molecule has 1 aromatic rings. The molecule has 1 aromatic carbocycles. The number of rotatable bonds is 6. The number of ether oxygens (including phenoxy) is 1. The second kappa shape index (κ2) is 8.68. The van der Waals surface area contributed by atoms with Crippen LogP contribution in [0.1, 0.15) is 41.6 Å². The van der Waals surface area contributed by atoms with Crippen LogP contribution in [0.15, 0.2) is 24.3 Å². The number of carbonyl (C=O) groups excluding carboxylic acids is 1. The van der Waals surface area contributed by atoms with Gasteiger partial charge in [0.15, 0.2) is 0 Å². The van der Waals surface area contributed by atoms with E-state index in [2.05, 4.69) is 4.72 Å². The summed E-state index contributed by atoms with van der Waals surface area (Å²) < 4.78 is 35.0. The van der Waals surface area contributed by atoms with Gasteiger partial charge < -0.3 is 9.64 Å². The Bertz CT molecular complexity index is 743. The first-order valence-electron chi connectivity index (χ1n) is 9.54. The largest absolute Gasteiger partial charge is 0.383 e. The number of hydrogen-bond donors (Lipinski definition) is 1. The molecular weight excluding hydrogens is 366 g/mol. The van der Waals surface area contributed by atoms with Gasteiger partial charge in [0.25, 0.3) is 16.1 Å². The maximum absolute atomic E-state index is 12.7. The molecule has 0 aliphatic carbocycles. The number of nitrogens with zero attached hydrogens (tertiary/aromatic N) is 2. The van der Waals surface area contributed by atoms with Crippen molar-refractivity contribution in [3.63, 3.8) is 0 Å². The van der Waals surface area contributed by atoms with E-state index in [0.29, 0.717) is 44.6 Å². The highest BCUT2D eigenvalue weighted by atomic mass is 32.2. The number of amides is 1. The van der Waals surface area contributed by atoms with E-state index in [1.54, 1.807) is 12.0 Å². The highest BCUT2D eigenvalue weighted by molar-refractivity contribution is 7.87. The van der Waals surface area contributed by atoms with Crippen molar-refractivity contribution in [2.75, 3.05) is 33.4 Å². The molecule has 1 amide bonds. The number of carbonyl (C=O) groups is 1. The number of nitrogens with one attached hydrogen (secondary N) is 1. The number of piperidine rings is 1. The summed E-state index contributed by atoms with van der Waals surface area (Å²) in [5.74, 6) is 0.0102. The quantitative estimate of drug-likeness (QED) is 0.793. The van der Waals surface area contributed by atoms with Crippen molar-refractivity contribution in [3.8, 4) is 0 Å². The van der Waals surface area contributed by atoms with Crippen LogP contribution in [0.3, 0.4) is 0 Å². The Morgan fingerprint density at radius 1 is 1.15 bits per heavy atom. The normalized spacial score (nSPS) is 22.3. The zero-order valence-corrected chi connectivity index (χ0v) is 16.9. The van der Waals surface area contributed by atoms with Gasteiger partial charge in [0.05, 0.1) is 6.61 Å². The third-order valence-electron chi connectivity index (χ3n) is 5.39. The lowest BCUT2D eigenvalue weighted by atomic mass is 10.0. The monoisotopic (exact) mass is 395 g/mol. The molecule has 0 aromatic heterocycles. The highest BCUT2D eigenvalue weighted by Crippen LogP contribution is 2.22. The zero-order chi connectivity index (χ0) is 19.4. The van der Waals surface area contributed by atoms with Gasteiger partial charge in [0, 0.05) is 44.4 Å². The van der Waals surface area contributed by atoms with Gasteiger partial charge in [-0.15, -0.1) is 0 Å². The van der Waals surface area contributed by atoms with Gasteiger partial charge in [-0.2, -0.15) is 17.4 Å². The molecule has 3 rings (SSSR count). The molecule has 0 bridgehead atoms. The Balaban J connectivity index is 1.54. The molecule has 1 N–H and O–H groups in total. The Morgan fingerprint density at radius 2 is 1.81 bits per heavy atom. The van der Waals surface area contributed by atoms with Crippen LogP contribution in [0.25, 0.3) is 0 Å². The van der Waals surface area contributed by atoms with Crippen LogP contribution < -0.4 is 4.72 Å². The molecule has 0 radical (unpaired) electrons. The molecule has 2 fully saturated rings. The van der Waals surface area contributed by atoms with Crippen LogP contribution in [-0.2, 0) is 14.9 Å². The van der Waals surface area contributed by atoms with Crippen LogP contribution in [0.5, 0.6) is 0 Å². The van der Waals surface area contributed by atoms with Crippen molar-refractivity contribution < 1.29 is 17.9 Å². The lowest BCUT2D eigenvalue weighted by molar-refractivity contribution is 0.0710. The predicted molar refractivity (Wildman–Crippen MR) is 104 cm³/mol. The number of methoxy groups -OCH3 is 1. The fourth-order valence-corrected chi connectivity index (χ4v) is 5.56. The fourth-order valence-electron chi connectivity index (χ4n) is 3.84. The maximum Gasteiger partial charge on any atom is 0.280 e. The zero-order valence-electron chi connectivity index (χ0n) is 16.1. The molecular formula is C19H29N3O4S. The number of likely N-dealkylation sites (tertiary alicyclic amines) is 1. The van der Waals surface area contributed by atoms with E-state index in [0.717, 1.165) is 18.4 Å². The molecule has 0 saturated carbocycles. The average Bonchev–Trinajstić information content (AvgIpc) is 3.12. The molecule has 27 heavy (non-hydrogen) atoms. The molecule has 2 saturated heterocycles. The molecule has 7 nitrogen and oxygen atoms in total. The van der Waals surface area contributed by atoms with Crippen LogP contribution >= 0.6 is 0 Å². The average molecular weight is 396 g/mol. The Hall–Kier alpha value is -1.48. The van der Waals surface area contributed by atoms with Gasteiger partial charge in [-0.25, -0.2) is 0 Å². The topological polar surface area (TPSA) is 79.0 Å². The Kier molecular flexibility index (Phi) is 6.52. The molecule has 2 aliphatic rings. The van der Waals surface area contributed by atoms with Crippen molar-refractivity contribution in [3.05, 3.63) is 35.4 Å². The van der Waals surface area contributed by atoms with Gasteiger partial charge in [0.2, 0.25) is 0 Å². The van der Waals surface area contributed by atoms with Crippen LogP contribution in [0.4, 0.5) is 0 Å². The molecule has 8 heteroatoms. The van der Waals surface area contributed by atoms with E-state index in [4.69, 9.17) is 4.74 Å². The van der Waals surface area contributed by atoms with Gasteiger partial charge in [0.1, 0.15) is 0 Å². The fraction of sp³-hybridized carbons (Fsp3) is 0.632. The summed E-state index contributed by atoms with van der Waals surface area (Å²) in [5.41, 5.74) is 1.80. The third kappa shape index (κ3) is 4.87. The first-order valence-corrected chi connectivity index (χ1v) is 11.0. The first kappa shape index (κ1) is 20.3. The van der Waals surface area contributed by atoms with Crippen molar-refractivity contribution >= 4 is 16.1 Å². The summed E-state index contributed by atoms with van der Waals surface area (Å²) in [6.45, 7) is 4.06. The second-order valence-electron chi connectivity index (χ2n) is 7.42. The van der Waals surface area contributed by atoms with E-state index in [-0.39, 0.29) is 18.0 Å². The van der Waals surface area contributed by atoms with Crippen molar-refractivity contribution in [2.24, 2.45) is 0 Å². The minimum Gasteiger partial charge on any atom is -0.383 e. The predicted octanol–water partition coefficient (Wildman–Crippen LogP) is 1.54. The standard InChI is InChI=1S/C19H29N3O4S/c1-15-5-7-16(8-6-15)19(23)21-12-9-17(10-13-21)20-27(24,25)22-11-3-4-18(22)14-26-2/h5-8,17-18,20H,3-4,9-14H2,1-2H3. The van der Waals surface area contributed by atoms with E-state index in [1.165, 1.54) is 4.31 Å². The first-order chi connectivity index (χ1) is 12.9. The van der Waals surface area contributed by atoms with E-state index in [9.17, 15) is 13.2 Å². The van der Waals surface area contributed by atoms with Crippen LogP contribution in [-0.4, -0.2) is 69.0 Å². The van der Waals surface area contributed by atoms with Crippen molar-refractivity contribution in [1.82, 2.24) is 13.9 Å². The summed E-state index contributed by atoms with van der Waals surface area (Å²) in [7, 11) is -1.93. The second-order valence-corrected chi connectivity index (χ2v) is 9.07. The van der Waals surface area contributed by atoms with Crippen LogP contribution in [0.2, 0.25) is 0 Å².